The van der Waals surface area contributed by atoms with Gasteiger partial charge in [-0.15, -0.1) is 0 Å². The van der Waals surface area contributed by atoms with Crippen LogP contribution in [0.5, 0.6) is 0 Å². The van der Waals surface area contributed by atoms with Crippen LogP contribution < -0.4 is 0 Å². The number of ether oxygens (including phenoxy) is 3. The molecule has 0 saturated heterocycles. The molecule has 0 N–H and O–H groups in total. The summed E-state index contributed by atoms with van der Waals surface area (Å²) < 4.78 is 16.9. The van der Waals surface area contributed by atoms with E-state index >= 15 is 0 Å². The molecular formula is C63H118O6. The van der Waals surface area contributed by atoms with Gasteiger partial charge >= 0.3 is 17.9 Å². The minimum Gasteiger partial charge on any atom is -0.462 e. The fourth-order valence-electron chi connectivity index (χ4n) is 9.26. The Morgan fingerprint density at radius 1 is 0.275 bits per heavy atom. The van der Waals surface area contributed by atoms with Crippen molar-refractivity contribution >= 4 is 17.9 Å². The SMILES string of the molecule is CCCCCC/C=C\CCCCCCCCCC(=O)OC[C@@H](COC(=O)CCCCCCCCCCC/C=C\CCCCCCCC)OC(=O)CCCCCCCCCCCCCCCCCCC. The third-order valence-corrected chi connectivity index (χ3v) is 13.9. The van der Waals surface area contributed by atoms with Crippen molar-refractivity contribution < 1.29 is 28.6 Å². The molecule has 0 aliphatic rings. The molecule has 0 radical (unpaired) electrons. The van der Waals surface area contributed by atoms with Crippen molar-refractivity contribution in [3.63, 3.8) is 0 Å². The standard InChI is InChI=1S/C63H118O6/c1-4-7-10-13-16-19-22-25-28-30-31-33-35-38-41-44-47-50-53-56-62(65)68-59-60(58-67-61(64)55-52-49-46-43-40-37-34-27-24-21-18-15-12-9-6-3)69-63(66)57-54-51-48-45-42-39-36-32-29-26-23-20-17-14-11-8-5-2/h21,24-25,28,60H,4-20,22-23,26-27,29-59H2,1-3H3/b24-21-,28-25-/t60-/m0/s1. The highest BCUT2D eigenvalue weighted by Crippen LogP contribution is 2.17. The number of unbranched alkanes of at least 4 members (excludes halogenated alkanes) is 42. The van der Waals surface area contributed by atoms with Crippen LogP contribution in [0, 0.1) is 0 Å². The number of hydrogen-bond donors (Lipinski definition) is 0. The highest BCUT2D eigenvalue weighted by molar-refractivity contribution is 5.71. The predicted molar refractivity (Wildman–Crippen MR) is 298 cm³/mol. The second kappa shape index (κ2) is 58.5. The largest absolute Gasteiger partial charge is 0.462 e. The highest BCUT2D eigenvalue weighted by atomic mass is 16.6. The van der Waals surface area contributed by atoms with Crippen LogP contribution in [0.15, 0.2) is 24.3 Å². The van der Waals surface area contributed by atoms with Crippen LogP contribution in [0.2, 0.25) is 0 Å². The second-order valence-corrected chi connectivity index (χ2v) is 21.0. The van der Waals surface area contributed by atoms with Gasteiger partial charge in [0.15, 0.2) is 6.10 Å². The monoisotopic (exact) mass is 971 g/mol. The fraction of sp³-hybridized carbons (Fsp3) is 0.889. The quantitative estimate of drug-likeness (QED) is 0.0261. The van der Waals surface area contributed by atoms with Crippen molar-refractivity contribution in [2.75, 3.05) is 13.2 Å². The zero-order chi connectivity index (χ0) is 50.0. The Morgan fingerprint density at radius 3 is 0.739 bits per heavy atom. The van der Waals surface area contributed by atoms with Gasteiger partial charge in [-0.3, -0.25) is 14.4 Å². The Labute approximate surface area is 430 Å². The van der Waals surface area contributed by atoms with Crippen molar-refractivity contribution in [2.24, 2.45) is 0 Å². The van der Waals surface area contributed by atoms with Gasteiger partial charge < -0.3 is 14.2 Å². The Morgan fingerprint density at radius 2 is 0.478 bits per heavy atom. The second-order valence-electron chi connectivity index (χ2n) is 21.0. The minimum atomic E-state index is -0.770. The van der Waals surface area contributed by atoms with Crippen LogP contribution in [0.25, 0.3) is 0 Å². The number of carbonyl (C=O) groups excluding carboxylic acids is 3. The van der Waals surface area contributed by atoms with E-state index in [0.29, 0.717) is 19.3 Å². The van der Waals surface area contributed by atoms with Crippen molar-refractivity contribution in [1.29, 1.82) is 0 Å². The molecule has 0 rings (SSSR count). The third kappa shape index (κ3) is 56.7. The minimum absolute atomic E-state index is 0.0689. The normalized spacial score (nSPS) is 12.1. The van der Waals surface area contributed by atoms with Gasteiger partial charge in [0.05, 0.1) is 0 Å². The Kier molecular flexibility index (Phi) is 56.7. The van der Waals surface area contributed by atoms with Gasteiger partial charge in [0.1, 0.15) is 13.2 Å². The summed E-state index contributed by atoms with van der Waals surface area (Å²) in [4.78, 5) is 38.2. The molecule has 0 aliphatic heterocycles. The number of hydrogen-bond acceptors (Lipinski definition) is 6. The number of carbonyl (C=O) groups is 3. The van der Waals surface area contributed by atoms with E-state index in [1.807, 2.05) is 0 Å². The number of rotatable bonds is 57. The smallest absolute Gasteiger partial charge is 0.306 e. The Balaban J connectivity index is 4.32. The summed E-state index contributed by atoms with van der Waals surface area (Å²) in [5.41, 5.74) is 0. The molecule has 0 fully saturated rings. The molecular weight excluding hydrogens is 853 g/mol. The van der Waals surface area contributed by atoms with Crippen LogP contribution in [0.4, 0.5) is 0 Å². The predicted octanol–water partition coefficient (Wildman–Crippen LogP) is 20.7. The van der Waals surface area contributed by atoms with Crippen LogP contribution in [-0.4, -0.2) is 37.2 Å². The maximum absolute atomic E-state index is 12.9. The molecule has 0 aliphatic carbocycles. The summed E-state index contributed by atoms with van der Waals surface area (Å²) in [5, 5.41) is 0. The van der Waals surface area contributed by atoms with E-state index in [1.54, 1.807) is 0 Å². The molecule has 69 heavy (non-hydrogen) atoms. The molecule has 0 saturated carbocycles. The lowest BCUT2D eigenvalue weighted by molar-refractivity contribution is -0.167. The van der Waals surface area contributed by atoms with Crippen molar-refractivity contribution in [3.05, 3.63) is 24.3 Å². The fourth-order valence-corrected chi connectivity index (χ4v) is 9.26. The zero-order valence-electron chi connectivity index (χ0n) is 46.6. The van der Waals surface area contributed by atoms with Gasteiger partial charge in [-0.1, -0.05) is 276 Å². The average Bonchev–Trinajstić information content (AvgIpc) is 3.35. The molecule has 0 unspecified atom stereocenters. The molecule has 0 aromatic heterocycles. The van der Waals surface area contributed by atoms with Gasteiger partial charge in [0.25, 0.3) is 0 Å². The van der Waals surface area contributed by atoms with Gasteiger partial charge in [0, 0.05) is 19.3 Å². The lowest BCUT2D eigenvalue weighted by Crippen LogP contribution is -2.30. The third-order valence-electron chi connectivity index (χ3n) is 13.9. The summed E-state index contributed by atoms with van der Waals surface area (Å²) in [6, 6.07) is 0. The van der Waals surface area contributed by atoms with E-state index in [1.165, 1.54) is 244 Å². The summed E-state index contributed by atoms with van der Waals surface area (Å²) in [6.07, 6.45) is 68.8. The van der Waals surface area contributed by atoms with Crippen molar-refractivity contribution in [3.8, 4) is 0 Å². The zero-order valence-corrected chi connectivity index (χ0v) is 46.6. The van der Waals surface area contributed by atoms with Crippen LogP contribution in [-0.2, 0) is 28.6 Å². The summed E-state index contributed by atoms with van der Waals surface area (Å²) in [5.74, 6) is -0.851. The van der Waals surface area contributed by atoms with Crippen LogP contribution in [0.3, 0.4) is 0 Å². The Bertz CT molecular complexity index is 1110. The van der Waals surface area contributed by atoms with Crippen molar-refractivity contribution in [2.45, 2.75) is 348 Å². The molecule has 6 heteroatoms. The van der Waals surface area contributed by atoms with Crippen LogP contribution >= 0.6 is 0 Å². The molecule has 0 heterocycles. The first-order chi connectivity index (χ1) is 34.0. The summed E-state index contributed by atoms with van der Waals surface area (Å²) >= 11 is 0. The molecule has 0 aromatic rings. The molecule has 406 valence electrons. The average molecular weight is 972 g/mol. The van der Waals surface area contributed by atoms with E-state index in [-0.39, 0.29) is 31.1 Å². The maximum atomic E-state index is 12.9. The van der Waals surface area contributed by atoms with E-state index in [0.717, 1.165) is 57.8 Å². The topological polar surface area (TPSA) is 78.9 Å². The highest BCUT2D eigenvalue weighted by Gasteiger charge is 2.19. The van der Waals surface area contributed by atoms with Gasteiger partial charge in [-0.25, -0.2) is 0 Å². The molecule has 0 amide bonds. The van der Waals surface area contributed by atoms with Gasteiger partial charge in [-0.2, -0.15) is 0 Å². The van der Waals surface area contributed by atoms with E-state index < -0.39 is 6.10 Å². The summed E-state index contributed by atoms with van der Waals surface area (Å²) in [6.45, 7) is 6.68. The molecule has 1 atom stereocenters. The first kappa shape index (κ1) is 66.9. The van der Waals surface area contributed by atoms with Crippen LogP contribution in [0.1, 0.15) is 342 Å². The molecule has 0 aromatic carbocycles. The lowest BCUT2D eigenvalue weighted by Gasteiger charge is -2.18. The van der Waals surface area contributed by atoms with E-state index in [2.05, 4.69) is 45.1 Å². The van der Waals surface area contributed by atoms with Gasteiger partial charge in [0.2, 0.25) is 0 Å². The maximum Gasteiger partial charge on any atom is 0.306 e. The lowest BCUT2D eigenvalue weighted by atomic mass is 10.0. The number of allylic oxidation sites excluding steroid dienone is 4. The summed E-state index contributed by atoms with van der Waals surface area (Å²) in [7, 11) is 0. The van der Waals surface area contributed by atoms with Crippen molar-refractivity contribution in [1.82, 2.24) is 0 Å². The molecule has 0 bridgehead atoms. The first-order valence-electron chi connectivity index (χ1n) is 30.8. The molecule has 0 spiro atoms. The Hall–Kier alpha value is -2.11. The van der Waals surface area contributed by atoms with E-state index in [9.17, 15) is 14.4 Å². The number of esters is 3. The first-order valence-corrected chi connectivity index (χ1v) is 30.8. The van der Waals surface area contributed by atoms with Gasteiger partial charge in [-0.05, 0) is 70.6 Å². The van der Waals surface area contributed by atoms with E-state index in [4.69, 9.17) is 14.2 Å². The molecule has 6 nitrogen and oxygen atoms in total.